The first-order valence-electron chi connectivity index (χ1n) is 6.85. The summed E-state index contributed by atoms with van der Waals surface area (Å²) in [6.07, 6.45) is 2.31. The van der Waals surface area contributed by atoms with Gasteiger partial charge in [0.05, 0.1) is 14.2 Å². The number of aryl methyl sites for hydroxylation is 2. The summed E-state index contributed by atoms with van der Waals surface area (Å²) in [5.41, 5.74) is 1.85. The van der Waals surface area contributed by atoms with E-state index in [4.69, 9.17) is 14.7 Å². The van der Waals surface area contributed by atoms with Gasteiger partial charge in [0.15, 0.2) is 0 Å². The van der Waals surface area contributed by atoms with Crippen LogP contribution in [0, 0.1) is 24.1 Å². The van der Waals surface area contributed by atoms with Crippen LogP contribution in [-0.2, 0) is 12.8 Å². The number of benzene rings is 1. The van der Waals surface area contributed by atoms with E-state index in [1.807, 2.05) is 18.2 Å². The number of halogens is 1. The van der Waals surface area contributed by atoms with Gasteiger partial charge < -0.3 is 9.47 Å². The molecule has 0 amide bonds. The highest BCUT2D eigenvalue weighted by Gasteiger charge is 2.14. The highest BCUT2D eigenvalue weighted by molar-refractivity contribution is 5.42. The second-order valence-corrected chi connectivity index (χ2v) is 4.87. The Kier molecular flexibility index (Phi) is 4.95. The Morgan fingerprint density at radius 2 is 2.00 bits per heavy atom. The SMILES string of the molecule is COc1ccc(CCc2c(C#N)ncc(C)c2F)c(OC)c1. The van der Waals surface area contributed by atoms with E-state index in [2.05, 4.69) is 4.98 Å². The molecule has 0 aliphatic carbocycles. The van der Waals surface area contributed by atoms with Gasteiger partial charge in [0.25, 0.3) is 0 Å². The molecule has 0 saturated heterocycles. The van der Waals surface area contributed by atoms with E-state index >= 15 is 0 Å². The minimum absolute atomic E-state index is 0.135. The Morgan fingerprint density at radius 1 is 1.23 bits per heavy atom. The Balaban J connectivity index is 2.28. The first kappa shape index (κ1) is 15.8. The van der Waals surface area contributed by atoms with Gasteiger partial charge in [-0.3, -0.25) is 0 Å². The number of hydrogen-bond acceptors (Lipinski definition) is 4. The molecular weight excluding hydrogens is 283 g/mol. The molecule has 1 aromatic heterocycles. The summed E-state index contributed by atoms with van der Waals surface area (Å²) < 4.78 is 24.7. The van der Waals surface area contributed by atoms with Crippen LogP contribution in [0.1, 0.15) is 22.4 Å². The molecule has 0 aliphatic heterocycles. The number of aromatic nitrogens is 1. The molecule has 2 aromatic rings. The Bertz CT molecular complexity index is 723. The van der Waals surface area contributed by atoms with Crippen molar-refractivity contribution in [1.29, 1.82) is 5.26 Å². The maximum atomic E-state index is 14.2. The van der Waals surface area contributed by atoms with Crippen LogP contribution in [0.2, 0.25) is 0 Å². The molecule has 0 N–H and O–H groups in total. The minimum Gasteiger partial charge on any atom is -0.497 e. The number of ether oxygens (including phenoxy) is 2. The summed E-state index contributed by atoms with van der Waals surface area (Å²) in [6.45, 7) is 1.64. The normalized spacial score (nSPS) is 10.1. The fourth-order valence-corrected chi connectivity index (χ4v) is 2.28. The third-order valence-corrected chi connectivity index (χ3v) is 3.53. The molecular formula is C17H17FN2O2. The largest absolute Gasteiger partial charge is 0.497 e. The fraction of sp³-hybridized carbons (Fsp3) is 0.294. The Hall–Kier alpha value is -2.61. The molecule has 1 aromatic carbocycles. The van der Waals surface area contributed by atoms with Crippen molar-refractivity contribution in [2.45, 2.75) is 19.8 Å². The predicted octanol–water partition coefficient (Wildman–Crippen LogP) is 3.20. The summed E-state index contributed by atoms with van der Waals surface area (Å²) in [7, 11) is 3.16. The smallest absolute Gasteiger partial charge is 0.146 e. The van der Waals surface area contributed by atoms with Gasteiger partial charge in [0, 0.05) is 23.4 Å². The van der Waals surface area contributed by atoms with Gasteiger partial charge in [0.1, 0.15) is 29.1 Å². The summed E-state index contributed by atoms with van der Waals surface area (Å²) in [5, 5.41) is 9.08. The molecule has 0 aliphatic rings. The van der Waals surface area contributed by atoms with E-state index in [0.717, 1.165) is 5.56 Å². The molecule has 0 fully saturated rings. The van der Waals surface area contributed by atoms with Crippen molar-refractivity contribution in [3.05, 3.63) is 52.6 Å². The highest BCUT2D eigenvalue weighted by Crippen LogP contribution is 2.26. The van der Waals surface area contributed by atoms with Crippen LogP contribution in [0.3, 0.4) is 0 Å². The van der Waals surface area contributed by atoms with E-state index in [-0.39, 0.29) is 11.5 Å². The van der Waals surface area contributed by atoms with Crippen LogP contribution >= 0.6 is 0 Å². The van der Waals surface area contributed by atoms with E-state index in [9.17, 15) is 4.39 Å². The average Bonchev–Trinajstić information content (AvgIpc) is 2.56. The van der Waals surface area contributed by atoms with Crippen LogP contribution in [0.15, 0.2) is 24.4 Å². The van der Waals surface area contributed by atoms with Gasteiger partial charge in [0.2, 0.25) is 0 Å². The number of pyridine rings is 1. The van der Waals surface area contributed by atoms with Gasteiger partial charge in [-0.25, -0.2) is 9.37 Å². The first-order valence-corrected chi connectivity index (χ1v) is 6.85. The lowest BCUT2D eigenvalue weighted by Gasteiger charge is -2.11. The van der Waals surface area contributed by atoms with Crippen molar-refractivity contribution in [1.82, 2.24) is 4.98 Å². The van der Waals surface area contributed by atoms with Crippen molar-refractivity contribution in [2.75, 3.05) is 14.2 Å². The molecule has 0 bridgehead atoms. The molecule has 0 atom stereocenters. The molecule has 0 radical (unpaired) electrons. The van der Waals surface area contributed by atoms with Gasteiger partial charge in [-0.05, 0) is 31.4 Å². The molecule has 2 rings (SSSR count). The first-order chi connectivity index (χ1) is 10.6. The summed E-state index contributed by atoms with van der Waals surface area (Å²) in [6, 6.07) is 7.43. The monoisotopic (exact) mass is 300 g/mol. The van der Waals surface area contributed by atoms with E-state index in [1.54, 1.807) is 27.2 Å². The predicted molar refractivity (Wildman–Crippen MR) is 80.6 cm³/mol. The number of nitrogens with zero attached hydrogens (tertiary/aromatic N) is 2. The lowest BCUT2D eigenvalue weighted by molar-refractivity contribution is 0.391. The number of hydrogen-bond donors (Lipinski definition) is 0. The van der Waals surface area contributed by atoms with E-state index in [1.165, 1.54) is 6.20 Å². The maximum Gasteiger partial charge on any atom is 0.146 e. The molecule has 4 nitrogen and oxygen atoms in total. The molecule has 114 valence electrons. The molecule has 1 heterocycles. The quantitative estimate of drug-likeness (QED) is 0.851. The van der Waals surface area contributed by atoms with Crippen LogP contribution in [0.4, 0.5) is 4.39 Å². The second-order valence-electron chi connectivity index (χ2n) is 4.87. The maximum absolute atomic E-state index is 14.2. The third kappa shape index (κ3) is 3.17. The van der Waals surface area contributed by atoms with Gasteiger partial charge >= 0.3 is 0 Å². The topological polar surface area (TPSA) is 55.1 Å². The Labute approximate surface area is 129 Å². The Morgan fingerprint density at radius 3 is 2.64 bits per heavy atom. The van der Waals surface area contributed by atoms with Gasteiger partial charge in [-0.1, -0.05) is 6.07 Å². The summed E-state index contributed by atoms with van der Waals surface area (Å²) in [5.74, 6) is 1.01. The summed E-state index contributed by atoms with van der Waals surface area (Å²) in [4.78, 5) is 3.99. The molecule has 5 heteroatoms. The molecule has 0 saturated carbocycles. The number of nitriles is 1. The zero-order chi connectivity index (χ0) is 16.1. The lowest BCUT2D eigenvalue weighted by atomic mass is 10.0. The number of rotatable bonds is 5. The van der Waals surface area contributed by atoms with Crippen molar-refractivity contribution in [2.24, 2.45) is 0 Å². The van der Waals surface area contributed by atoms with Crippen LogP contribution in [-0.4, -0.2) is 19.2 Å². The zero-order valence-corrected chi connectivity index (χ0v) is 12.8. The standard InChI is InChI=1S/C17H17FN2O2/c1-11-10-20-15(9-19)14(17(11)18)7-5-12-4-6-13(21-2)8-16(12)22-3/h4,6,8,10H,5,7H2,1-3H3. The van der Waals surface area contributed by atoms with Gasteiger partial charge in [-0.2, -0.15) is 5.26 Å². The minimum atomic E-state index is -0.362. The van der Waals surface area contributed by atoms with Crippen molar-refractivity contribution in [3.8, 4) is 17.6 Å². The zero-order valence-electron chi connectivity index (χ0n) is 12.8. The average molecular weight is 300 g/mol. The van der Waals surface area contributed by atoms with Crippen molar-refractivity contribution in [3.63, 3.8) is 0 Å². The molecule has 0 unspecified atom stereocenters. The fourth-order valence-electron chi connectivity index (χ4n) is 2.28. The van der Waals surface area contributed by atoms with Crippen molar-refractivity contribution < 1.29 is 13.9 Å². The van der Waals surface area contributed by atoms with E-state index in [0.29, 0.717) is 35.5 Å². The van der Waals surface area contributed by atoms with Crippen LogP contribution < -0.4 is 9.47 Å². The van der Waals surface area contributed by atoms with Crippen LogP contribution in [0.5, 0.6) is 11.5 Å². The number of methoxy groups -OCH3 is 2. The van der Waals surface area contributed by atoms with Gasteiger partial charge in [-0.15, -0.1) is 0 Å². The molecule has 0 spiro atoms. The van der Waals surface area contributed by atoms with E-state index < -0.39 is 0 Å². The molecule has 22 heavy (non-hydrogen) atoms. The summed E-state index contributed by atoms with van der Waals surface area (Å²) >= 11 is 0. The lowest BCUT2D eigenvalue weighted by Crippen LogP contribution is -2.04. The second kappa shape index (κ2) is 6.90. The highest BCUT2D eigenvalue weighted by atomic mass is 19.1. The van der Waals surface area contributed by atoms with Crippen molar-refractivity contribution >= 4 is 0 Å². The van der Waals surface area contributed by atoms with Crippen LogP contribution in [0.25, 0.3) is 0 Å². The third-order valence-electron chi connectivity index (χ3n) is 3.53.